The molecule has 7 nitrogen and oxygen atoms in total. The summed E-state index contributed by atoms with van der Waals surface area (Å²) in [4.78, 5) is 28.4. The van der Waals surface area contributed by atoms with Crippen molar-refractivity contribution in [1.82, 2.24) is 9.88 Å². The highest BCUT2D eigenvalue weighted by Gasteiger charge is 2.33. The van der Waals surface area contributed by atoms with Crippen LogP contribution in [0, 0.1) is 11.7 Å². The van der Waals surface area contributed by atoms with Crippen LogP contribution in [-0.2, 0) is 0 Å². The smallest absolute Gasteiger partial charge is 0.256 e. The molecule has 182 valence electrons. The van der Waals surface area contributed by atoms with Gasteiger partial charge in [-0.05, 0) is 54.2 Å². The predicted octanol–water partition coefficient (Wildman–Crippen LogP) is 4.07. The predicted molar refractivity (Wildman–Crippen MR) is 137 cm³/mol. The Labute approximate surface area is 206 Å². The first-order valence-corrected chi connectivity index (χ1v) is 12.4. The SMILES string of the molecule is NC1CCN(c2c(F)cc3c(=O)c(C(=O)NCC4CC4)cn4c3c2Oc2cc3ccccc3cc2-4)C1. The Bertz CT molecular complexity index is 1640. The van der Waals surface area contributed by atoms with Gasteiger partial charge >= 0.3 is 0 Å². The number of nitrogens with one attached hydrogen (secondary N) is 1. The lowest BCUT2D eigenvalue weighted by Gasteiger charge is -2.29. The van der Waals surface area contributed by atoms with Crippen molar-refractivity contribution >= 4 is 33.3 Å². The van der Waals surface area contributed by atoms with Crippen molar-refractivity contribution < 1.29 is 13.9 Å². The lowest BCUT2D eigenvalue weighted by atomic mass is 10.0. The summed E-state index contributed by atoms with van der Waals surface area (Å²) in [6.07, 6.45) is 4.48. The second-order valence-corrected chi connectivity index (χ2v) is 10.1. The summed E-state index contributed by atoms with van der Waals surface area (Å²) < 4.78 is 23.9. The minimum absolute atomic E-state index is 0.00884. The molecule has 0 radical (unpaired) electrons. The molecule has 0 spiro atoms. The summed E-state index contributed by atoms with van der Waals surface area (Å²) in [7, 11) is 0. The van der Waals surface area contributed by atoms with Gasteiger partial charge < -0.3 is 25.3 Å². The van der Waals surface area contributed by atoms with Gasteiger partial charge in [0.1, 0.15) is 16.8 Å². The number of aromatic nitrogens is 1. The highest BCUT2D eigenvalue weighted by molar-refractivity contribution is 6.02. The monoisotopic (exact) mass is 484 g/mol. The number of ether oxygens (including phenoxy) is 1. The van der Waals surface area contributed by atoms with Gasteiger partial charge in [0.05, 0.1) is 11.1 Å². The number of pyridine rings is 1. The number of nitrogens with two attached hydrogens (primary N) is 1. The summed E-state index contributed by atoms with van der Waals surface area (Å²) >= 11 is 0. The molecule has 3 aliphatic rings. The van der Waals surface area contributed by atoms with Crippen molar-refractivity contribution in [3.8, 4) is 17.2 Å². The molecule has 1 aliphatic carbocycles. The van der Waals surface area contributed by atoms with E-state index in [4.69, 9.17) is 10.5 Å². The Morgan fingerprint density at radius 2 is 1.92 bits per heavy atom. The normalized spacial score (nSPS) is 18.4. The van der Waals surface area contributed by atoms with Crippen LogP contribution in [0.5, 0.6) is 11.5 Å². The van der Waals surface area contributed by atoms with Crippen LogP contribution in [0.1, 0.15) is 29.6 Å². The molecule has 7 rings (SSSR count). The molecule has 1 saturated heterocycles. The largest absolute Gasteiger partial charge is 0.451 e. The lowest BCUT2D eigenvalue weighted by Crippen LogP contribution is -2.32. The summed E-state index contributed by atoms with van der Waals surface area (Å²) in [5.74, 6) is 0.280. The molecular weight excluding hydrogens is 459 g/mol. The van der Waals surface area contributed by atoms with Gasteiger partial charge in [0.15, 0.2) is 17.3 Å². The summed E-state index contributed by atoms with van der Waals surface area (Å²) in [6.45, 7) is 1.63. The van der Waals surface area contributed by atoms with E-state index in [-0.39, 0.29) is 22.7 Å². The molecule has 3 N–H and O–H groups in total. The Balaban J connectivity index is 1.50. The van der Waals surface area contributed by atoms with E-state index in [1.54, 1.807) is 6.20 Å². The summed E-state index contributed by atoms with van der Waals surface area (Å²) in [6, 6.07) is 12.9. The highest BCUT2D eigenvalue weighted by atomic mass is 19.1. The fraction of sp³-hybridized carbons (Fsp3) is 0.286. The molecule has 1 saturated carbocycles. The third-order valence-electron chi connectivity index (χ3n) is 7.50. The van der Waals surface area contributed by atoms with Gasteiger partial charge in [-0.1, -0.05) is 24.3 Å². The van der Waals surface area contributed by atoms with Crippen LogP contribution < -0.4 is 26.1 Å². The Hall–Kier alpha value is -3.91. The molecule has 3 aromatic carbocycles. The minimum atomic E-state index is -0.560. The average Bonchev–Trinajstić information content (AvgIpc) is 3.61. The number of halogens is 1. The number of fused-ring (bicyclic) bond motifs is 3. The molecule has 1 atom stereocenters. The molecule has 4 aromatic rings. The molecule has 3 heterocycles. The third-order valence-corrected chi connectivity index (χ3v) is 7.50. The average molecular weight is 485 g/mol. The van der Waals surface area contributed by atoms with Gasteiger partial charge in [0, 0.05) is 31.9 Å². The lowest BCUT2D eigenvalue weighted by molar-refractivity contribution is 0.0950. The molecule has 36 heavy (non-hydrogen) atoms. The van der Waals surface area contributed by atoms with E-state index in [2.05, 4.69) is 5.32 Å². The van der Waals surface area contributed by atoms with Gasteiger partial charge in [0.25, 0.3) is 5.91 Å². The minimum Gasteiger partial charge on any atom is -0.451 e. The zero-order chi connectivity index (χ0) is 24.6. The molecule has 1 unspecified atom stereocenters. The van der Waals surface area contributed by atoms with E-state index >= 15 is 4.39 Å². The molecule has 2 aliphatic heterocycles. The molecular formula is C28H25FN4O3. The highest BCUT2D eigenvalue weighted by Crippen LogP contribution is 2.48. The number of carbonyl (C=O) groups is 1. The molecule has 8 heteroatoms. The number of rotatable bonds is 4. The topological polar surface area (TPSA) is 89.6 Å². The second-order valence-electron chi connectivity index (χ2n) is 10.1. The molecule has 1 amide bonds. The van der Waals surface area contributed by atoms with Crippen molar-refractivity contribution in [2.45, 2.75) is 25.3 Å². The maximum atomic E-state index is 15.7. The van der Waals surface area contributed by atoms with Crippen LogP contribution >= 0.6 is 0 Å². The molecule has 0 bridgehead atoms. The third kappa shape index (κ3) is 3.28. The van der Waals surface area contributed by atoms with E-state index in [0.717, 1.165) is 30.0 Å². The number of hydrogen-bond donors (Lipinski definition) is 2. The van der Waals surface area contributed by atoms with E-state index in [1.807, 2.05) is 45.9 Å². The van der Waals surface area contributed by atoms with Crippen LogP contribution in [0.15, 0.2) is 53.5 Å². The number of nitrogens with zero attached hydrogens (tertiary/aromatic N) is 2. The van der Waals surface area contributed by atoms with Crippen molar-refractivity contribution in [2.75, 3.05) is 24.5 Å². The van der Waals surface area contributed by atoms with E-state index in [1.165, 1.54) is 6.07 Å². The number of carbonyl (C=O) groups excluding carboxylic acids is 1. The van der Waals surface area contributed by atoms with Gasteiger partial charge in [-0.25, -0.2) is 4.39 Å². The van der Waals surface area contributed by atoms with E-state index in [0.29, 0.717) is 48.2 Å². The van der Waals surface area contributed by atoms with Crippen molar-refractivity contribution in [1.29, 1.82) is 0 Å². The Kier molecular flexibility index (Phi) is 4.63. The van der Waals surface area contributed by atoms with Crippen LogP contribution in [0.4, 0.5) is 10.1 Å². The van der Waals surface area contributed by atoms with Crippen molar-refractivity contribution in [2.24, 2.45) is 11.7 Å². The van der Waals surface area contributed by atoms with Gasteiger partial charge in [0.2, 0.25) is 5.43 Å². The fourth-order valence-corrected chi connectivity index (χ4v) is 5.39. The van der Waals surface area contributed by atoms with Crippen molar-refractivity contribution in [3.05, 3.63) is 70.3 Å². The van der Waals surface area contributed by atoms with Gasteiger partial charge in [-0.3, -0.25) is 9.59 Å². The number of amides is 1. The maximum absolute atomic E-state index is 15.7. The first kappa shape index (κ1) is 21.4. The summed E-state index contributed by atoms with van der Waals surface area (Å²) in [5, 5.41) is 4.96. The number of anilines is 1. The van der Waals surface area contributed by atoms with Crippen molar-refractivity contribution in [3.63, 3.8) is 0 Å². The van der Waals surface area contributed by atoms with Gasteiger partial charge in [-0.15, -0.1) is 0 Å². The van der Waals surface area contributed by atoms with E-state index in [9.17, 15) is 9.59 Å². The maximum Gasteiger partial charge on any atom is 0.256 e. The first-order valence-electron chi connectivity index (χ1n) is 12.4. The zero-order valence-corrected chi connectivity index (χ0v) is 19.6. The summed E-state index contributed by atoms with van der Waals surface area (Å²) in [5.41, 5.74) is 7.06. The number of benzene rings is 3. The van der Waals surface area contributed by atoms with Crippen LogP contribution in [0.25, 0.3) is 27.4 Å². The molecule has 2 fully saturated rings. The molecule has 1 aromatic heterocycles. The fourth-order valence-electron chi connectivity index (χ4n) is 5.39. The Morgan fingerprint density at radius 3 is 2.64 bits per heavy atom. The second kappa shape index (κ2) is 7.80. The standard InChI is InChI=1S/C28H25FN4O3/c29-21-11-19-24-27(25(21)32-8-7-18(30)13-32)36-23-10-17-4-2-1-3-16(17)9-22(23)33(24)14-20(26(19)34)28(35)31-12-15-5-6-15/h1-4,9-11,14-15,18H,5-8,12-13,30H2,(H,31,35). The van der Waals surface area contributed by atoms with E-state index < -0.39 is 17.2 Å². The Morgan fingerprint density at radius 1 is 1.14 bits per heavy atom. The van der Waals surface area contributed by atoms with Gasteiger partial charge in [-0.2, -0.15) is 0 Å². The van der Waals surface area contributed by atoms with Crippen LogP contribution in [-0.4, -0.2) is 36.2 Å². The van der Waals surface area contributed by atoms with Crippen LogP contribution in [0.3, 0.4) is 0 Å². The zero-order valence-electron chi connectivity index (χ0n) is 19.6. The first-order chi connectivity index (χ1) is 17.5. The van der Waals surface area contributed by atoms with Crippen LogP contribution in [0.2, 0.25) is 0 Å². The number of hydrogen-bond acceptors (Lipinski definition) is 5. The quantitative estimate of drug-likeness (QED) is 0.402.